The maximum absolute atomic E-state index is 6.24. The normalized spacial score (nSPS) is 12.7. The Bertz CT molecular complexity index is 540. The fourth-order valence-corrected chi connectivity index (χ4v) is 2.48. The lowest BCUT2D eigenvalue weighted by atomic mass is 10.0. The highest BCUT2D eigenvalue weighted by molar-refractivity contribution is 6.30. The van der Waals surface area contributed by atoms with Crippen molar-refractivity contribution in [2.45, 2.75) is 26.3 Å². The second-order valence-electron chi connectivity index (χ2n) is 4.77. The van der Waals surface area contributed by atoms with Crippen molar-refractivity contribution in [3.8, 4) is 0 Å². The van der Waals surface area contributed by atoms with Crippen LogP contribution < -0.4 is 5.73 Å². The molecule has 18 heavy (non-hydrogen) atoms. The van der Waals surface area contributed by atoms with Crippen LogP contribution in [-0.4, -0.2) is 9.78 Å². The molecule has 1 heterocycles. The average Bonchev–Trinajstić information content (AvgIpc) is 2.56. The van der Waals surface area contributed by atoms with Gasteiger partial charge in [-0.15, -0.1) is 0 Å². The van der Waals surface area contributed by atoms with E-state index < -0.39 is 0 Å². The summed E-state index contributed by atoms with van der Waals surface area (Å²) in [5.74, 6) is 0. The summed E-state index contributed by atoms with van der Waals surface area (Å²) in [6, 6.07) is 7.96. The fraction of sp³-hybridized carbons (Fsp3) is 0.357. The first-order valence-corrected chi connectivity index (χ1v) is 6.35. The van der Waals surface area contributed by atoms with Gasteiger partial charge in [-0.05, 0) is 43.2 Å². The van der Waals surface area contributed by atoms with E-state index in [1.807, 2.05) is 37.7 Å². The van der Waals surface area contributed by atoms with Gasteiger partial charge < -0.3 is 5.73 Å². The highest BCUT2D eigenvalue weighted by Crippen LogP contribution is 2.21. The molecule has 0 aliphatic rings. The van der Waals surface area contributed by atoms with Gasteiger partial charge in [-0.1, -0.05) is 17.7 Å². The molecule has 0 aliphatic carbocycles. The lowest BCUT2D eigenvalue weighted by Crippen LogP contribution is -2.15. The summed E-state index contributed by atoms with van der Waals surface area (Å²) in [7, 11) is 1.94. The SMILES string of the molecule is Cc1cc(Cl)cc(C(N)Cc2cc(C)nn2C)c1. The van der Waals surface area contributed by atoms with E-state index >= 15 is 0 Å². The minimum absolute atomic E-state index is 0.0581. The van der Waals surface area contributed by atoms with Gasteiger partial charge >= 0.3 is 0 Å². The van der Waals surface area contributed by atoms with Crippen molar-refractivity contribution < 1.29 is 0 Å². The number of rotatable bonds is 3. The van der Waals surface area contributed by atoms with Crippen LogP contribution in [-0.2, 0) is 13.5 Å². The molecule has 0 radical (unpaired) electrons. The molecule has 1 unspecified atom stereocenters. The van der Waals surface area contributed by atoms with E-state index in [0.717, 1.165) is 34.0 Å². The molecule has 2 aromatic rings. The maximum Gasteiger partial charge on any atom is 0.0596 e. The average molecular weight is 264 g/mol. The van der Waals surface area contributed by atoms with Crippen LogP contribution >= 0.6 is 11.6 Å². The van der Waals surface area contributed by atoms with Crippen LogP contribution in [0.2, 0.25) is 5.02 Å². The van der Waals surface area contributed by atoms with Gasteiger partial charge in [0.25, 0.3) is 0 Å². The predicted molar refractivity (Wildman–Crippen MR) is 74.8 cm³/mol. The summed E-state index contributed by atoms with van der Waals surface area (Å²) in [4.78, 5) is 0. The fourth-order valence-electron chi connectivity index (χ4n) is 2.18. The molecule has 1 aromatic carbocycles. The summed E-state index contributed by atoms with van der Waals surface area (Å²) in [5, 5.41) is 5.07. The van der Waals surface area contributed by atoms with Gasteiger partial charge in [-0.2, -0.15) is 5.10 Å². The third kappa shape index (κ3) is 2.92. The Morgan fingerprint density at radius 1 is 1.28 bits per heavy atom. The van der Waals surface area contributed by atoms with Gasteiger partial charge in [0.2, 0.25) is 0 Å². The van der Waals surface area contributed by atoms with E-state index in [9.17, 15) is 0 Å². The van der Waals surface area contributed by atoms with Gasteiger partial charge in [0.05, 0.1) is 5.69 Å². The maximum atomic E-state index is 6.24. The van der Waals surface area contributed by atoms with E-state index in [2.05, 4.69) is 17.2 Å². The molecule has 1 atom stereocenters. The van der Waals surface area contributed by atoms with Gasteiger partial charge in [-0.3, -0.25) is 4.68 Å². The van der Waals surface area contributed by atoms with Crippen LogP contribution in [0.4, 0.5) is 0 Å². The smallest absolute Gasteiger partial charge is 0.0596 e. The minimum atomic E-state index is -0.0581. The van der Waals surface area contributed by atoms with Gasteiger partial charge in [0, 0.05) is 30.2 Å². The molecule has 2 N–H and O–H groups in total. The van der Waals surface area contributed by atoms with E-state index in [1.165, 1.54) is 0 Å². The van der Waals surface area contributed by atoms with Gasteiger partial charge in [0.15, 0.2) is 0 Å². The summed E-state index contributed by atoms with van der Waals surface area (Å²) >= 11 is 6.06. The van der Waals surface area contributed by atoms with E-state index in [1.54, 1.807) is 0 Å². The van der Waals surface area contributed by atoms with Crippen molar-refractivity contribution in [3.63, 3.8) is 0 Å². The molecular formula is C14H18ClN3. The number of aromatic nitrogens is 2. The van der Waals surface area contributed by atoms with Crippen molar-refractivity contribution in [2.24, 2.45) is 12.8 Å². The Labute approximate surface area is 113 Å². The Hall–Kier alpha value is -1.32. The number of nitrogens with two attached hydrogens (primary N) is 1. The van der Waals surface area contributed by atoms with Crippen LogP contribution in [0.1, 0.15) is 28.6 Å². The molecule has 0 fully saturated rings. The Morgan fingerprint density at radius 2 is 2.00 bits per heavy atom. The van der Waals surface area contributed by atoms with Crippen LogP contribution in [0.3, 0.4) is 0 Å². The Morgan fingerprint density at radius 3 is 2.56 bits per heavy atom. The summed E-state index contributed by atoms with van der Waals surface area (Å²) in [5.41, 5.74) is 10.6. The number of benzene rings is 1. The standard InChI is InChI=1S/C14H18ClN3/c1-9-4-11(7-12(15)5-9)14(16)8-13-6-10(2)17-18(13)3/h4-7,14H,8,16H2,1-3H3. The number of halogens is 1. The summed E-state index contributed by atoms with van der Waals surface area (Å²) < 4.78 is 1.88. The highest BCUT2D eigenvalue weighted by Gasteiger charge is 2.11. The molecule has 0 spiro atoms. The molecule has 0 bridgehead atoms. The van der Waals surface area contributed by atoms with Crippen LogP contribution in [0.5, 0.6) is 0 Å². The van der Waals surface area contributed by atoms with Crippen molar-refractivity contribution in [2.75, 3.05) is 0 Å². The second kappa shape index (κ2) is 5.12. The molecular weight excluding hydrogens is 246 g/mol. The van der Waals surface area contributed by atoms with E-state index in [-0.39, 0.29) is 6.04 Å². The number of aryl methyl sites for hydroxylation is 3. The van der Waals surface area contributed by atoms with Crippen molar-refractivity contribution in [3.05, 3.63) is 51.8 Å². The predicted octanol–water partition coefficient (Wildman–Crippen LogP) is 2.93. The lowest BCUT2D eigenvalue weighted by molar-refractivity contribution is 0.639. The molecule has 1 aromatic heterocycles. The topological polar surface area (TPSA) is 43.8 Å². The van der Waals surface area contributed by atoms with Gasteiger partial charge in [0.1, 0.15) is 0 Å². The zero-order valence-electron chi connectivity index (χ0n) is 10.9. The monoisotopic (exact) mass is 263 g/mol. The molecule has 0 aliphatic heterocycles. The minimum Gasteiger partial charge on any atom is -0.324 e. The Balaban J connectivity index is 2.21. The highest BCUT2D eigenvalue weighted by atomic mass is 35.5. The lowest BCUT2D eigenvalue weighted by Gasteiger charge is -2.13. The third-order valence-corrected chi connectivity index (χ3v) is 3.24. The van der Waals surface area contributed by atoms with E-state index in [4.69, 9.17) is 17.3 Å². The zero-order valence-corrected chi connectivity index (χ0v) is 11.7. The van der Waals surface area contributed by atoms with Gasteiger partial charge in [-0.25, -0.2) is 0 Å². The van der Waals surface area contributed by atoms with Crippen LogP contribution in [0.15, 0.2) is 24.3 Å². The molecule has 96 valence electrons. The molecule has 2 rings (SSSR count). The quantitative estimate of drug-likeness (QED) is 0.925. The first kappa shape index (κ1) is 13.1. The molecule has 0 saturated carbocycles. The second-order valence-corrected chi connectivity index (χ2v) is 5.21. The zero-order chi connectivity index (χ0) is 13.3. The first-order valence-electron chi connectivity index (χ1n) is 5.98. The van der Waals surface area contributed by atoms with Crippen LogP contribution in [0, 0.1) is 13.8 Å². The first-order chi connectivity index (χ1) is 8.45. The van der Waals surface area contributed by atoms with E-state index in [0.29, 0.717) is 0 Å². The van der Waals surface area contributed by atoms with Crippen molar-refractivity contribution >= 4 is 11.6 Å². The van der Waals surface area contributed by atoms with Crippen LogP contribution in [0.25, 0.3) is 0 Å². The summed E-state index contributed by atoms with van der Waals surface area (Å²) in [6.45, 7) is 4.01. The Kier molecular flexibility index (Phi) is 3.73. The summed E-state index contributed by atoms with van der Waals surface area (Å²) in [6.07, 6.45) is 0.761. The largest absolute Gasteiger partial charge is 0.324 e. The van der Waals surface area contributed by atoms with Crippen molar-refractivity contribution in [1.29, 1.82) is 0 Å². The molecule has 3 nitrogen and oxygen atoms in total. The molecule has 0 amide bonds. The molecule has 0 saturated heterocycles. The number of hydrogen-bond acceptors (Lipinski definition) is 2. The van der Waals surface area contributed by atoms with Crippen molar-refractivity contribution in [1.82, 2.24) is 9.78 Å². The molecule has 4 heteroatoms. The number of hydrogen-bond donors (Lipinski definition) is 1. The number of nitrogens with zero attached hydrogens (tertiary/aromatic N) is 2. The third-order valence-electron chi connectivity index (χ3n) is 3.02.